The molecule has 4 nitrogen and oxygen atoms in total. The Bertz CT molecular complexity index is 709. The summed E-state index contributed by atoms with van der Waals surface area (Å²) >= 11 is 0. The number of hydrogen-bond acceptors (Lipinski definition) is 3. The summed E-state index contributed by atoms with van der Waals surface area (Å²) in [4.78, 5) is 16.6. The van der Waals surface area contributed by atoms with Crippen LogP contribution >= 0.6 is 0 Å². The quantitative estimate of drug-likeness (QED) is 0.932. The van der Waals surface area contributed by atoms with Gasteiger partial charge in [0.15, 0.2) is 0 Å². The molecule has 3 rings (SSSR count). The minimum atomic E-state index is -0.872. The van der Waals surface area contributed by atoms with Gasteiger partial charge in [0, 0.05) is 17.0 Å². The fourth-order valence-electron chi connectivity index (χ4n) is 3.32. The molecule has 1 aliphatic carbocycles. The monoisotopic (exact) mass is 285 g/mol. The SMILES string of the molecule is CCC1CCCc2c1nc1ccc(OC)cc1c2C(=O)O. The Hall–Kier alpha value is -2.10. The van der Waals surface area contributed by atoms with Crippen molar-refractivity contribution in [3.05, 3.63) is 35.0 Å². The van der Waals surface area contributed by atoms with Crippen molar-refractivity contribution in [3.8, 4) is 5.75 Å². The first-order valence-electron chi connectivity index (χ1n) is 7.39. The van der Waals surface area contributed by atoms with Crippen molar-refractivity contribution < 1.29 is 14.6 Å². The number of pyridine rings is 1. The highest BCUT2D eigenvalue weighted by Crippen LogP contribution is 2.37. The molecule has 110 valence electrons. The fourth-order valence-corrected chi connectivity index (χ4v) is 3.32. The van der Waals surface area contributed by atoms with Gasteiger partial charge in [-0.15, -0.1) is 0 Å². The van der Waals surface area contributed by atoms with Gasteiger partial charge in [0.2, 0.25) is 0 Å². The second-order valence-corrected chi connectivity index (χ2v) is 5.54. The number of ether oxygens (including phenoxy) is 1. The van der Waals surface area contributed by atoms with Gasteiger partial charge in [0.1, 0.15) is 5.75 Å². The van der Waals surface area contributed by atoms with Gasteiger partial charge in [-0.1, -0.05) is 6.92 Å². The largest absolute Gasteiger partial charge is 0.497 e. The molecule has 0 bridgehead atoms. The number of fused-ring (bicyclic) bond motifs is 2. The van der Waals surface area contributed by atoms with Crippen LogP contribution in [-0.2, 0) is 6.42 Å². The second-order valence-electron chi connectivity index (χ2n) is 5.54. The van der Waals surface area contributed by atoms with Crippen molar-refractivity contribution in [2.45, 2.75) is 38.5 Å². The number of rotatable bonds is 3. The van der Waals surface area contributed by atoms with Crippen LogP contribution < -0.4 is 4.74 Å². The Morgan fingerprint density at radius 1 is 1.48 bits per heavy atom. The van der Waals surface area contributed by atoms with Gasteiger partial charge in [0.05, 0.1) is 18.2 Å². The molecular weight excluding hydrogens is 266 g/mol. The molecule has 2 aromatic rings. The molecule has 21 heavy (non-hydrogen) atoms. The molecule has 1 unspecified atom stereocenters. The molecule has 1 atom stereocenters. The minimum Gasteiger partial charge on any atom is -0.497 e. The molecule has 1 aromatic carbocycles. The first-order valence-corrected chi connectivity index (χ1v) is 7.39. The lowest BCUT2D eigenvalue weighted by molar-refractivity contribution is 0.0697. The maximum absolute atomic E-state index is 11.8. The van der Waals surface area contributed by atoms with E-state index in [9.17, 15) is 9.90 Å². The first-order chi connectivity index (χ1) is 10.2. The van der Waals surface area contributed by atoms with Gasteiger partial charge in [0.25, 0.3) is 0 Å². The van der Waals surface area contributed by atoms with Crippen LogP contribution in [-0.4, -0.2) is 23.2 Å². The Morgan fingerprint density at radius 2 is 2.29 bits per heavy atom. The molecule has 1 N–H and O–H groups in total. The van der Waals surface area contributed by atoms with E-state index in [-0.39, 0.29) is 0 Å². The van der Waals surface area contributed by atoms with Crippen LogP contribution in [0, 0.1) is 0 Å². The molecular formula is C17H19NO3. The van der Waals surface area contributed by atoms with E-state index in [2.05, 4.69) is 6.92 Å². The average molecular weight is 285 g/mol. The Morgan fingerprint density at radius 3 is 2.95 bits per heavy atom. The molecule has 0 amide bonds. The lowest BCUT2D eigenvalue weighted by Gasteiger charge is -2.25. The Kier molecular flexibility index (Phi) is 3.53. The van der Waals surface area contributed by atoms with Gasteiger partial charge < -0.3 is 9.84 Å². The second kappa shape index (κ2) is 5.35. The summed E-state index contributed by atoms with van der Waals surface area (Å²) in [6, 6.07) is 5.46. The van der Waals surface area contributed by atoms with E-state index in [1.165, 1.54) is 0 Å². The van der Waals surface area contributed by atoms with Gasteiger partial charge in [-0.25, -0.2) is 4.79 Å². The van der Waals surface area contributed by atoms with Gasteiger partial charge in [-0.05, 0) is 49.4 Å². The number of nitrogens with zero attached hydrogens (tertiary/aromatic N) is 1. The fraction of sp³-hybridized carbons (Fsp3) is 0.412. The van der Waals surface area contributed by atoms with Crippen LogP contribution in [0.4, 0.5) is 0 Å². The topological polar surface area (TPSA) is 59.4 Å². The molecule has 1 aromatic heterocycles. The molecule has 0 saturated carbocycles. The van der Waals surface area contributed by atoms with Crippen LogP contribution in [0.2, 0.25) is 0 Å². The van der Waals surface area contributed by atoms with Gasteiger partial charge in [-0.2, -0.15) is 0 Å². The predicted molar refractivity (Wildman–Crippen MR) is 81.2 cm³/mol. The standard InChI is InChI=1S/C17H19NO3/c1-3-10-5-4-6-12-15(17(19)20)13-9-11(21-2)7-8-14(13)18-16(10)12/h7-10H,3-6H2,1-2H3,(H,19,20). The van der Waals surface area contributed by atoms with Crippen LogP contribution in [0.5, 0.6) is 5.75 Å². The van der Waals surface area contributed by atoms with Crippen molar-refractivity contribution in [3.63, 3.8) is 0 Å². The maximum Gasteiger partial charge on any atom is 0.336 e. The zero-order valence-electron chi connectivity index (χ0n) is 12.3. The average Bonchev–Trinajstić information content (AvgIpc) is 2.51. The summed E-state index contributed by atoms with van der Waals surface area (Å²) in [6.45, 7) is 2.14. The van der Waals surface area contributed by atoms with E-state index >= 15 is 0 Å². The van der Waals surface area contributed by atoms with Crippen molar-refractivity contribution in [1.29, 1.82) is 0 Å². The van der Waals surface area contributed by atoms with E-state index < -0.39 is 5.97 Å². The lowest BCUT2D eigenvalue weighted by atomic mass is 9.82. The van der Waals surface area contributed by atoms with Crippen LogP contribution in [0.15, 0.2) is 18.2 Å². The molecule has 4 heteroatoms. The minimum absolute atomic E-state index is 0.373. The van der Waals surface area contributed by atoms with Gasteiger partial charge >= 0.3 is 5.97 Å². The molecule has 0 fully saturated rings. The zero-order chi connectivity index (χ0) is 15.0. The van der Waals surface area contributed by atoms with E-state index in [4.69, 9.17) is 9.72 Å². The summed E-state index contributed by atoms with van der Waals surface area (Å²) in [6.07, 6.45) is 3.93. The number of benzene rings is 1. The summed E-state index contributed by atoms with van der Waals surface area (Å²) in [7, 11) is 1.58. The smallest absolute Gasteiger partial charge is 0.336 e. The van der Waals surface area contributed by atoms with Crippen molar-refractivity contribution in [2.24, 2.45) is 0 Å². The number of aromatic carboxylic acids is 1. The molecule has 0 radical (unpaired) electrons. The summed E-state index contributed by atoms with van der Waals surface area (Å²) in [5.41, 5.74) is 3.06. The first kappa shape index (κ1) is 13.9. The third-order valence-electron chi connectivity index (χ3n) is 4.40. The number of carboxylic acid groups (broad SMARTS) is 1. The van der Waals surface area contributed by atoms with Gasteiger partial charge in [-0.3, -0.25) is 4.98 Å². The normalized spacial score (nSPS) is 17.5. The Labute approximate surface area is 123 Å². The number of aromatic nitrogens is 1. The number of hydrogen-bond donors (Lipinski definition) is 1. The highest BCUT2D eigenvalue weighted by atomic mass is 16.5. The highest BCUT2D eigenvalue weighted by molar-refractivity contribution is 6.04. The van der Waals surface area contributed by atoms with E-state index in [0.29, 0.717) is 22.6 Å². The van der Waals surface area contributed by atoms with Crippen LogP contribution in [0.25, 0.3) is 10.9 Å². The van der Waals surface area contributed by atoms with Crippen LogP contribution in [0.3, 0.4) is 0 Å². The highest BCUT2D eigenvalue weighted by Gasteiger charge is 2.27. The number of carboxylic acids is 1. The van der Waals surface area contributed by atoms with E-state index in [1.54, 1.807) is 13.2 Å². The third-order valence-corrected chi connectivity index (χ3v) is 4.40. The van der Waals surface area contributed by atoms with Crippen molar-refractivity contribution in [2.75, 3.05) is 7.11 Å². The summed E-state index contributed by atoms with van der Waals surface area (Å²) in [5, 5.41) is 10.4. The summed E-state index contributed by atoms with van der Waals surface area (Å²) in [5.74, 6) is 0.164. The van der Waals surface area contributed by atoms with Crippen LogP contribution in [0.1, 0.15) is 53.7 Å². The molecule has 0 spiro atoms. The lowest BCUT2D eigenvalue weighted by Crippen LogP contribution is -2.17. The van der Waals surface area contributed by atoms with E-state index in [1.807, 2.05) is 12.1 Å². The Balaban J connectivity index is 2.35. The maximum atomic E-state index is 11.8. The van der Waals surface area contributed by atoms with E-state index in [0.717, 1.165) is 42.5 Å². The number of methoxy groups -OCH3 is 1. The van der Waals surface area contributed by atoms with Crippen molar-refractivity contribution in [1.82, 2.24) is 4.98 Å². The summed E-state index contributed by atoms with van der Waals surface area (Å²) < 4.78 is 5.22. The molecule has 1 aliphatic rings. The zero-order valence-corrected chi connectivity index (χ0v) is 12.3. The van der Waals surface area contributed by atoms with Crippen molar-refractivity contribution >= 4 is 16.9 Å². The molecule has 0 aliphatic heterocycles. The third kappa shape index (κ3) is 2.24. The number of carbonyl (C=O) groups is 1. The molecule has 0 saturated heterocycles. The predicted octanol–water partition coefficient (Wildman–Crippen LogP) is 3.77. The molecule has 1 heterocycles.